The molecule has 0 amide bonds. The molecule has 0 saturated heterocycles. The molecule has 4 rings (SSSR count). The first kappa shape index (κ1) is 11.5. The Morgan fingerprint density at radius 2 is 1.61 bits per heavy atom. The third kappa shape index (κ3) is 1.38. The Hall–Kier alpha value is -1.59. The van der Waals surface area contributed by atoms with Crippen molar-refractivity contribution in [3.05, 3.63) is 29.3 Å². The lowest BCUT2D eigenvalue weighted by molar-refractivity contribution is -0.181. The molecule has 96 valence electrons. The number of carbonyl (C=O) groups excluding carboxylic acids is 1. The molecule has 3 fully saturated rings. The van der Waals surface area contributed by atoms with Gasteiger partial charge in [-0.05, 0) is 25.2 Å². The first-order valence-electron chi connectivity index (χ1n) is 5.48. The average Bonchev–Trinajstić information content (AvgIpc) is 2.17. The molecule has 18 heavy (non-hydrogen) atoms. The van der Waals surface area contributed by atoms with E-state index in [-0.39, 0.29) is 6.07 Å². The molecule has 0 N–H and O–H groups in total. The molecule has 0 aromatic heterocycles. The van der Waals surface area contributed by atoms with Gasteiger partial charge in [-0.15, -0.1) is 0 Å². The summed E-state index contributed by atoms with van der Waals surface area (Å²) in [6.07, 6.45) is 1.85. The van der Waals surface area contributed by atoms with Gasteiger partial charge in [0.2, 0.25) is 17.4 Å². The van der Waals surface area contributed by atoms with Crippen molar-refractivity contribution < 1.29 is 27.1 Å². The lowest BCUT2D eigenvalue weighted by Crippen LogP contribution is -2.58. The fourth-order valence-corrected chi connectivity index (χ4v) is 2.57. The molecular weight excluding hydrogens is 252 g/mol. The third-order valence-electron chi connectivity index (χ3n) is 3.74. The van der Waals surface area contributed by atoms with Crippen LogP contribution in [-0.4, -0.2) is 5.97 Å². The topological polar surface area (TPSA) is 26.3 Å². The van der Waals surface area contributed by atoms with E-state index in [0.717, 1.165) is 0 Å². The number of hydrogen-bond donors (Lipinski definition) is 0. The van der Waals surface area contributed by atoms with Crippen LogP contribution in [-0.2, 0) is 4.79 Å². The van der Waals surface area contributed by atoms with Crippen LogP contribution in [0.5, 0.6) is 5.75 Å². The molecule has 3 aliphatic rings. The summed E-state index contributed by atoms with van der Waals surface area (Å²) in [6.45, 7) is 0. The highest BCUT2D eigenvalue weighted by Crippen LogP contribution is 2.64. The zero-order valence-corrected chi connectivity index (χ0v) is 9.10. The van der Waals surface area contributed by atoms with E-state index < -0.39 is 40.4 Å². The number of esters is 1. The predicted octanol–water partition coefficient (Wildman–Crippen LogP) is 2.95. The van der Waals surface area contributed by atoms with Crippen molar-refractivity contribution in [3.63, 3.8) is 0 Å². The number of carbonyl (C=O) groups is 1. The van der Waals surface area contributed by atoms with Gasteiger partial charge in [0.25, 0.3) is 0 Å². The van der Waals surface area contributed by atoms with Crippen LogP contribution in [0, 0.1) is 34.6 Å². The van der Waals surface area contributed by atoms with Gasteiger partial charge in [0, 0.05) is 6.07 Å². The highest BCUT2D eigenvalue weighted by Gasteiger charge is 2.62. The van der Waals surface area contributed by atoms with Gasteiger partial charge >= 0.3 is 5.97 Å². The number of halogens is 4. The Labute approximate surface area is 99.5 Å². The van der Waals surface area contributed by atoms with E-state index in [1.807, 2.05) is 0 Å². The Morgan fingerprint density at radius 3 is 2.00 bits per heavy atom. The molecule has 2 bridgehead atoms. The van der Waals surface area contributed by atoms with Crippen LogP contribution < -0.4 is 4.74 Å². The zero-order valence-electron chi connectivity index (χ0n) is 9.10. The normalized spacial score (nSPS) is 28.3. The van der Waals surface area contributed by atoms with E-state index in [1.54, 1.807) is 0 Å². The molecule has 0 spiro atoms. The van der Waals surface area contributed by atoms with Crippen molar-refractivity contribution in [1.29, 1.82) is 0 Å². The van der Waals surface area contributed by atoms with E-state index >= 15 is 0 Å². The summed E-state index contributed by atoms with van der Waals surface area (Å²) in [5.41, 5.74) is -0.688. The van der Waals surface area contributed by atoms with Crippen molar-refractivity contribution in [3.8, 4) is 5.75 Å². The Morgan fingerprint density at radius 1 is 1.11 bits per heavy atom. The molecule has 0 unspecified atom stereocenters. The van der Waals surface area contributed by atoms with E-state index in [2.05, 4.69) is 4.74 Å². The quantitative estimate of drug-likeness (QED) is 0.353. The number of benzene rings is 1. The molecule has 3 aliphatic carbocycles. The lowest BCUT2D eigenvalue weighted by Gasteiger charge is -2.59. The van der Waals surface area contributed by atoms with Gasteiger partial charge in [0.15, 0.2) is 11.6 Å². The van der Waals surface area contributed by atoms with Gasteiger partial charge in [0.05, 0.1) is 5.41 Å². The van der Waals surface area contributed by atoms with Crippen LogP contribution in [0.25, 0.3) is 0 Å². The summed E-state index contributed by atoms with van der Waals surface area (Å²) in [6, 6.07) is 0.0724. The van der Waals surface area contributed by atoms with E-state index in [1.165, 1.54) is 0 Å². The smallest absolute Gasteiger partial charge is 0.317 e. The molecule has 0 atom stereocenters. The second-order valence-corrected chi connectivity index (χ2v) is 4.95. The maximum Gasteiger partial charge on any atom is 0.317 e. The Bertz CT molecular complexity index is 512. The SMILES string of the molecule is O=C(Oc1c(F)c(F)cc(F)c1F)C12CC(C1)C2. The average molecular weight is 260 g/mol. The number of rotatable bonds is 2. The van der Waals surface area contributed by atoms with E-state index in [0.29, 0.717) is 25.2 Å². The molecule has 0 heterocycles. The Balaban J connectivity index is 1.90. The molecule has 3 saturated carbocycles. The minimum atomic E-state index is -1.69. The number of hydrogen-bond acceptors (Lipinski definition) is 2. The van der Waals surface area contributed by atoms with Crippen molar-refractivity contribution in [2.75, 3.05) is 0 Å². The third-order valence-corrected chi connectivity index (χ3v) is 3.74. The van der Waals surface area contributed by atoms with Crippen molar-refractivity contribution >= 4 is 5.97 Å². The van der Waals surface area contributed by atoms with Crippen LogP contribution in [0.4, 0.5) is 17.6 Å². The monoisotopic (exact) mass is 260 g/mol. The standard InChI is InChI=1S/C12H8F4O2/c13-6-1-7(14)9(16)10(8(6)15)18-11(17)12-2-5(3-12)4-12/h1,5H,2-4H2. The van der Waals surface area contributed by atoms with Crippen molar-refractivity contribution in [2.45, 2.75) is 19.3 Å². The first-order chi connectivity index (χ1) is 8.43. The second kappa shape index (κ2) is 3.46. The second-order valence-electron chi connectivity index (χ2n) is 4.95. The maximum absolute atomic E-state index is 13.3. The molecular formula is C12H8F4O2. The number of ether oxygens (including phenoxy) is 1. The predicted molar refractivity (Wildman–Crippen MR) is 51.7 cm³/mol. The van der Waals surface area contributed by atoms with E-state index in [4.69, 9.17) is 0 Å². The van der Waals surface area contributed by atoms with Crippen molar-refractivity contribution in [1.82, 2.24) is 0 Å². The van der Waals surface area contributed by atoms with Gasteiger partial charge in [-0.1, -0.05) is 0 Å². The summed E-state index contributed by atoms with van der Waals surface area (Å²) in [5, 5.41) is 0. The van der Waals surface area contributed by atoms with Gasteiger partial charge in [0.1, 0.15) is 0 Å². The molecule has 0 aliphatic heterocycles. The summed E-state index contributed by atoms with van der Waals surface area (Å²) >= 11 is 0. The fourth-order valence-electron chi connectivity index (χ4n) is 2.57. The summed E-state index contributed by atoms with van der Waals surface area (Å²) < 4.78 is 56.8. The lowest BCUT2D eigenvalue weighted by atomic mass is 9.44. The van der Waals surface area contributed by atoms with Crippen LogP contribution in [0.3, 0.4) is 0 Å². The minimum absolute atomic E-state index is 0.0724. The molecule has 2 nitrogen and oxygen atoms in total. The summed E-state index contributed by atoms with van der Waals surface area (Å²) in [4.78, 5) is 11.7. The fraction of sp³-hybridized carbons (Fsp3) is 0.417. The van der Waals surface area contributed by atoms with Gasteiger partial charge in [-0.3, -0.25) is 4.79 Å². The van der Waals surface area contributed by atoms with Gasteiger partial charge in [-0.25, -0.2) is 8.78 Å². The summed E-state index contributed by atoms with van der Waals surface area (Å²) in [7, 11) is 0. The highest BCUT2D eigenvalue weighted by molar-refractivity contribution is 5.82. The van der Waals surface area contributed by atoms with Crippen molar-refractivity contribution in [2.24, 2.45) is 11.3 Å². The minimum Gasteiger partial charge on any atom is -0.420 e. The Kier molecular flexibility index (Phi) is 2.21. The van der Waals surface area contributed by atoms with Crippen LogP contribution in [0.2, 0.25) is 0 Å². The molecule has 0 radical (unpaired) electrons. The van der Waals surface area contributed by atoms with E-state index in [9.17, 15) is 22.4 Å². The maximum atomic E-state index is 13.3. The molecule has 1 aromatic rings. The molecule has 1 aromatic carbocycles. The summed E-state index contributed by atoms with van der Waals surface area (Å²) in [5.74, 6) is -8.18. The van der Waals surface area contributed by atoms with Crippen LogP contribution >= 0.6 is 0 Å². The highest BCUT2D eigenvalue weighted by atomic mass is 19.2. The van der Waals surface area contributed by atoms with Gasteiger partial charge in [-0.2, -0.15) is 8.78 Å². The van der Waals surface area contributed by atoms with Crippen LogP contribution in [0.15, 0.2) is 6.07 Å². The largest absolute Gasteiger partial charge is 0.420 e. The van der Waals surface area contributed by atoms with Crippen LogP contribution in [0.1, 0.15) is 19.3 Å². The molecule has 6 heteroatoms. The zero-order chi connectivity index (χ0) is 13.1. The van der Waals surface area contributed by atoms with Gasteiger partial charge < -0.3 is 4.74 Å². The first-order valence-corrected chi connectivity index (χ1v) is 5.48.